The van der Waals surface area contributed by atoms with E-state index < -0.39 is 24.0 Å². The van der Waals surface area contributed by atoms with E-state index >= 15 is 4.39 Å². The fourth-order valence-corrected chi connectivity index (χ4v) is 7.50. The molecule has 0 N–H and O–H groups in total. The maximum atomic E-state index is 16.7. The molecule has 3 aliphatic heterocycles. The lowest BCUT2D eigenvalue weighted by atomic mass is 9.95. The van der Waals surface area contributed by atoms with Crippen LogP contribution in [0.5, 0.6) is 6.01 Å². The minimum atomic E-state index is -2.77. The number of likely N-dealkylation sites (N-methyl/N-ethyl adjacent to an activating group) is 1. The molecule has 0 aliphatic carbocycles. The Hall–Kier alpha value is -4.32. The van der Waals surface area contributed by atoms with Crippen LogP contribution in [0, 0.1) is 5.82 Å². The summed E-state index contributed by atoms with van der Waals surface area (Å²) in [5.74, 6) is -0.611. The molecule has 3 atom stereocenters. The predicted octanol–water partition coefficient (Wildman–Crippen LogP) is 6.10. The number of amides is 1. The molecule has 3 saturated heterocycles. The lowest BCUT2D eigenvalue weighted by Crippen LogP contribution is -2.43. The average Bonchev–Trinajstić information content (AvgIpc) is 3.77. The highest BCUT2D eigenvalue weighted by Gasteiger charge is 2.49. The number of hydrogen-bond acceptors (Lipinski definition) is 7. The Balaban J connectivity index is 1.34. The van der Waals surface area contributed by atoms with Crippen molar-refractivity contribution >= 4 is 33.4 Å². The van der Waals surface area contributed by atoms with Crippen molar-refractivity contribution in [1.82, 2.24) is 24.8 Å². The van der Waals surface area contributed by atoms with E-state index in [-0.39, 0.29) is 52.3 Å². The zero-order valence-electron chi connectivity index (χ0n) is 25.4. The van der Waals surface area contributed by atoms with Gasteiger partial charge in [0.25, 0.3) is 6.43 Å². The molecule has 0 radical (unpaired) electrons. The lowest BCUT2D eigenvalue weighted by Gasteiger charge is -2.31. The smallest absolute Gasteiger partial charge is 0.319 e. The van der Waals surface area contributed by atoms with Gasteiger partial charge in [-0.25, -0.2) is 17.6 Å². The molecule has 1 amide bonds. The number of likely N-dealkylation sites (tertiary alicyclic amines) is 1. The summed E-state index contributed by atoms with van der Waals surface area (Å²) in [5.41, 5.74) is -0.666. The highest BCUT2D eigenvalue weighted by molar-refractivity contribution is 6.01. The number of nitrogens with zero attached hydrogens (tertiary/aromatic N) is 6. The quantitative estimate of drug-likeness (QED) is 0.171. The monoisotopic (exact) mass is 634 g/mol. The van der Waals surface area contributed by atoms with Gasteiger partial charge in [0.2, 0.25) is 5.91 Å². The van der Waals surface area contributed by atoms with Crippen LogP contribution in [0.2, 0.25) is 0 Å². The van der Waals surface area contributed by atoms with Crippen molar-refractivity contribution in [3.63, 3.8) is 0 Å². The second kappa shape index (κ2) is 11.8. The van der Waals surface area contributed by atoms with E-state index in [9.17, 15) is 18.0 Å². The van der Waals surface area contributed by atoms with Crippen molar-refractivity contribution in [2.45, 2.75) is 49.9 Å². The molecule has 3 aliphatic rings. The highest BCUT2D eigenvalue weighted by Crippen LogP contribution is 2.42. The predicted molar refractivity (Wildman–Crippen MR) is 167 cm³/mol. The molecule has 2 aromatic carbocycles. The van der Waals surface area contributed by atoms with Crippen LogP contribution in [0.15, 0.2) is 55.3 Å². The SMILES string of the molecule is C=CC(=O)N1CC[C@@H](N(C)c2nc(OC[C@@]34CCCN3C[C@H](F)C4)nc3c(F)c(-c4cccc5cccc(C(F)F)c45)ncc23)C1. The number of carbonyl (C=O) groups is 1. The molecule has 4 aromatic rings. The number of benzene rings is 2. The Morgan fingerprint density at radius 3 is 2.78 bits per heavy atom. The van der Waals surface area contributed by atoms with Crippen molar-refractivity contribution in [1.29, 1.82) is 0 Å². The van der Waals surface area contributed by atoms with Crippen LogP contribution in [0.25, 0.3) is 32.9 Å². The summed E-state index contributed by atoms with van der Waals surface area (Å²) in [4.78, 5) is 31.6. The molecular weight excluding hydrogens is 600 g/mol. The topological polar surface area (TPSA) is 74.7 Å². The van der Waals surface area contributed by atoms with E-state index in [1.165, 1.54) is 18.3 Å². The minimum absolute atomic E-state index is 0.0721. The largest absolute Gasteiger partial charge is 0.461 e. The van der Waals surface area contributed by atoms with Gasteiger partial charge in [-0.3, -0.25) is 14.7 Å². The van der Waals surface area contributed by atoms with E-state index in [0.717, 1.165) is 19.4 Å². The lowest BCUT2D eigenvalue weighted by molar-refractivity contribution is -0.125. The maximum Gasteiger partial charge on any atom is 0.319 e. The summed E-state index contributed by atoms with van der Waals surface area (Å²) in [7, 11) is 1.81. The normalized spacial score (nSPS) is 23.0. The second-order valence-electron chi connectivity index (χ2n) is 12.5. The molecule has 2 aromatic heterocycles. The molecule has 7 rings (SSSR count). The van der Waals surface area contributed by atoms with Gasteiger partial charge in [-0.15, -0.1) is 0 Å². The summed E-state index contributed by atoms with van der Waals surface area (Å²) in [6.07, 6.45) is 1.71. The summed E-state index contributed by atoms with van der Waals surface area (Å²) >= 11 is 0. The first kappa shape index (κ1) is 30.3. The number of pyridine rings is 1. The third-order valence-electron chi connectivity index (χ3n) is 9.83. The first-order valence-electron chi connectivity index (χ1n) is 15.5. The van der Waals surface area contributed by atoms with E-state index in [1.807, 2.05) is 11.9 Å². The molecular formula is C34H34F4N6O2. The van der Waals surface area contributed by atoms with Gasteiger partial charge in [0, 0.05) is 61.9 Å². The van der Waals surface area contributed by atoms with E-state index in [0.29, 0.717) is 49.1 Å². The molecule has 3 fully saturated rings. The number of aromatic nitrogens is 3. The molecule has 12 heteroatoms. The number of hydrogen-bond donors (Lipinski definition) is 0. The van der Waals surface area contributed by atoms with Crippen molar-refractivity contribution in [2.24, 2.45) is 0 Å². The van der Waals surface area contributed by atoms with Crippen LogP contribution in [-0.4, -0.2) is 88.2 Å². The van der Waals surface area contributed by atoms with Crippen LogP contribution in [0.1, 0.15) is 37.7 Å². The molecule has 0 bridgehead atoms. The molecule has 46 heavy (non-hydrogen) atoms. The Bertz CT molecular complexity index is 1830. The number of anilines is 1. The van der Waals surface area contributed by atoms with Crippen LogP contribution in [0.4, 0.5) is 23.4 Å². The minimum Gasteiger partial charge on any atom is -0.461 e. The third kappa shape index (κ3) is 5.12. The van der Waals surface area contributed by atoms with Gasteiger partial charge >= 0.3 is 6.01 Å². The fourth-order valence-electron chi connectivity index (χ4n) is 7.50. The Kier molecular flexibility index (Phi) is 7.78. The number of ether oxygens (including phenoxy) is 1. The number of carbonyl (C=O) groups excluding carboxylic acids is 1. The molecule has 0 spiro atoms. The van der Waals surface area contributed by atoms with E-state index in [2.05, 4.69) is 21.4 Å². The first-order valence-corrected chi connectivity index (χ1v) is 15.5. The molecule has 0 unspecified atom stereocenters. The van der Waals surface area contributed by atoms with Crippen LogP contribution >= 0.6 is 0 Å². The van der Waals surface area contributed by atoms with Crippen molar-refractivity contribution in [2.75, 3.05) is 44.7 Å². The zero-order valence-corrected chi connectivity index (χ0v) is 25.4. The van der Waals surface area contributed by atoms with E-state index in [4.69, 9.17) is 9.72 Å². The summed E-state index contributed by atoms with van der Waals surface area (Å²) in [6.45, 7) is 5.81. The number of fused-ring (bicyclic) bond motifs is 3. The van der Waals surface area contributed by atoms with E-state index in [1.54, 1.807) is 35.2 Å². The fraction of sp³-hybridized carbons (Fsp3) is 0.412. The van der Waals surface area contributed by atoms with Crippen LogP contribution in [0.3, 0.4) is 0 Å². The van der Waals surface area contributed by atoms with Gasteiger partial charge in [0.05, 0.1) is 10.9 Å². The molecule has 8 nitrogen and oxygen atoms in total. The van der Waals surface area contributed by atoms with Gasteiger partial charge in [-0.2, -0.15) is 9.97 Å². The third-order valence-corrected chi connectivity index (χ3v) is 9.83. The molecule has 240 valence electrons. The number of halogens is 4. The van der Waals surface area contributed by atoms with Crippen molar-refractivity contribution in [3.05, 3.63) is 66.6 Å². The average molecular weight is 635 g/mol. The summed E-state index contributed by atoms with van der Waals surface area (Å²) < 4.78 is 65.5. The van der Waals surface area contributed by atoms with Crippen LogP contribution in [-0.2, 0) is 4.79 Å². The zero-order chi connectivity index (χ0) is 32.2. The Morgan fingerprint density at radius 1 is 1.20 bits per heavy atom. The Labute approximate surface area is 263 Å². The standard InChI is InChI=1S/C34H34F4N6O2/c1-3-26(45)43-14-11-22(18-43)42(2)32-25-16-39-29(23-9-4-7-20-8-5-10-24(27(20)23)31(37)38)28(36)30(25)40-33(41-32)46-19-34-12-6-13-44(34)17-21(35)15-34/h3-5,7-10,16,21-22,31H,1,6,11-15,17-19H2,2H3/t21-,22-,34+/m1/s1. The van der Waals surface area contributed by atoms with Gasteiger partial charge < -0.3 is 14.5 Å². The van der Waals surface area contributed by atoms with Gasteiger partial charge in [0.1, 0.15) is 29.8 Å². The maximum absolute atomic E-state index is 16.7. The number of alkyl halides is 3. The Morgan fingerprint density at radius 2 is 2.00 bits per heavy atom. The number of rotatable bonds is 8. The molecule has 5 heterocycles. The van der Waals surface area contributed by atoms with Gasteiger partial charge in [-0.1, -0.05) is 43.0 Å². The summed E-state index contributed by atoms with van der Waals surface area (Å²) in [6, 6.07) is 9.30. The van der Waals surface area contributed by atoms with Gasteiger partial charge in [-0.05, 0) is 37.3 Å². The van der Waals surface area contributed by atoms with Gasteiger partial charge in [0.15, 0.2) is 5.82 Å². The molecule has 0 saturated carbocycles. The summed E-state index contributed by atoms with van der Waals surface area (Å²) in [5, 5.41) is 1.06. The second-order valence-corrected chi connectivity index (χ2v) is 12.5. The van der Waals surface area contributed by atoms with Crippen LogP contribution < -0.4 is 9.64 Å². The van der Waals surface area contributed by atoms with Crippen molar-refractivity contribution < 1.29 is 27.1 Å². The van der Waals surface area contributed by atoms with Crippen molar-refractivity contribution in [3.8, 4) is 17.3 Å². The first-order chi connectivity index (χ1) is 22.2. The highest BCUT2D eigenvalue weighted by atomic mass is 19.3.